The van der Waals surface area contributed by atoms with Gasteiger partial charge in [0.1, 0.15) is 11.5 Å². The predicted molar refractivity (Wildman–Crippen MR) is 87.6 cm³/mol. The van der Waals surface area contributed by atoms with Gasteiger partial charge in [-0.15, -0.1) is 0 Å². The van der Waals surface area contributed by atoms with E-state index in [4.69, 9.17) is 11.6 Å². The van der Waals surface area contributed by atoms with Gasteiger partial charge in [0.15, 0.2) is 0 Å². The van der Waals surface area contributed by atoms with Crippen LogP contribution in [0.25, 0.3) is 0 Å². The summed E-state index contributed by atoms with van der Waals surface area (Å²) in [6.07, 6.45) is 0. The van der Waals surface area contributed by atoms with Crippen LogP contribution in [0.4, 0.5) is 11.4 Å². The van der Waals surface area contributed by atoms with Crippen molar-refractivity contribution >= 4 is 23.0 Å². The highest BCUT2D eigenvalue weighted by atomic mass is 35.5. The second-order valence-electron chi connectivity index (χ2n) is 5.14. The van der Waals surface area contributed by atoms with E-state index in [0.717, 1.165) is 11.4 Å². The van der Waals surface area contributed by atoms with Crippen molar-refractivity contribution < 1.29 is 10.2 Å². The Hall–Kier alpha value is -2.07. The fourth-order valence-electron chi connectivity index (χ4n) is 2.27. The number of nitrogens with zero attached hydrogens (tertiary/aromatic N) is 1. The van der Waals surface area contributed by atoms with E-state index in [2.05, 4.69) is 5.32 Å². The van der Waals surface area contributed by atoms with Crippen molar-refractivity contribution in [1.29, 1.82) is 0 Å². The molecule has 4 nitrogen and oxygen atoms in total. The van der Waals surface area contributed by atoms with Crippen LogP contribution in [0.1, 0.15) is 18.5 Å². The van der Waals surface area contributed by atoms with Gasteiger partial charge in [0.25, 0.3) is 0 Å². The van der Waals surface area contributed by atoms with E-state index in [0.29, 0.717) is 10.6 Å². The van der Waals surface area contributed by atoms with Crippen LogP contribution in [0.15, 0.2) is 36.4 Å². The number of nitrogens with one attached hydrogen (secondary N) is 1. The molecule has 0 aromatic heterocycles. The molecule has 0 bridgehead atoms. The van der Waals surface area contributed by atoms with Crippen LogP contribution in [0.2, 0.25) is 5.02 Å². The number of rotatable bonds is 4. The summed E-state index contributed by atoms with van der Waals surface area (Å²) in [4.78, 5) is 1.93. The van der Waals surface area contributed by atoms with E-state index in [9.17, 15) is 10.2 Å². The molecule has 0 spiro atoms. The van der Waals surface area contributed by atoms with E-state index < -0.39 is 0 Å². The zero-order valence-electron chi connectivity index (χ0n) is 12.3. The maximum absolute atomic E-state index is 9.88. The number of hydrogen-bond acceptors (Lipinski definition) is 4. The summed E-state index contributed by atoms with van der Waals surface area (Å²) in [5, 5.41) is 23.6. The Kier molecular flexibility index (Phi) is 4.48. The Morgan fingerprint density at radius 1 is 1.10 bits per heavy atom. The van der Waals surface area contributed by atoms with Crippen molar-refractivity contribution in [3.8, 4) is 11.5 Å². The SMILES string of the molecule is CC(Nc1ccc(N(C)C)c(Cl)c1)c1c(O)cccc1O. The minimum atomic E-state index is -0.257. The van der Waals surface area contributed by atoms with Crippen molar-refractivity contribution in [2.24, 2.45) is 0 Å². The molecule has 2 aromatic rings. The number of phenols is 2. The van der Waals surface area contributed by atoms with E-state index >= 15 is 0 Å². The van der Waals surface area contributed by atoms with Gasteiger partial charge in [-0.25, -0.2) is 0 Å². The molecule has 0 saturated carbocycles. The first-order valence-electron chi connectivity index (χ1n) is 6.64. The first-order valence-corrected chi connectivity index (χ1v) is 7.02. The predicted octanol–water partition coefficient (Wildman–Crippen LogP) is 3.99. The summed E-state index contributed by atoms with van der Waals surface area (Å²) >= 11 is 6.24. The normalized spacial score (nSPS) is 12.0. The number of aromatic hydroxyl groups is 2. The van der Waals surface area contributed by atoms with Crippen LogP contribution < -0.4 is 10.2 Å². The minimum Gasteiger partial charge on any atom is -0.507 e. The molecule has 112 valence electrons. The monoisotopic (exact) mass is 306 g/mol. The summed E-state index contributed by atoms with van der Waals surface area (Å²) in [6, 6.07) is 10.1. The fraction of sp³-hybridized carbons (Fsp3) is 0.250. The number of halogens is 1. The minimum absolute atomic E-state index is 0.0611. The highest BCUT2D eigenvalue weighted by molar-refractivity contribution is 6.33. The molecule has 2 aromatic carbocycles. The molecule has 2 rings (SSSR count). The van der Waals surface area contributed by atoms with Gasteiger partial charge in [-0.2, -0.15) is 0 Å². The molecular formula is C16H19ClN2O2. The Balaban J connectivity index is 2.24. The maximum atomic E-state index is 9.88. The molecule has 5 heteroatoms. The molecule has 0 heterocycles. The maximum Gasteiger partial charge on any atom is 0.124 e. The summed E-state index contributed by atoms with van der Waals surface area (Å²) in [5.74, 6) is 0.122. The van der Waals surface area contributed by atoms with Gasteiger partial charge in [-0.05, 0) is 37.3 Å². The summed E-state index contributed by atoms with van der Waals surface area (Å²) in [5.41, 5.74) is 2.21. The lowest BCUT2D eigenvalue weighted by Crippen LogP contribution is -2.10. The third kappa shape index (κ3) is 3.34. The molecular weight excluding hydrogens is 288 g/mol. The highest BCUT2D eigenvalue weighted by Crippen LogP contribution is 2.35. The number of benzene rings is 2. The quantitative estimate of drug-likeness (QED) is 0.799. The van der Waals surface area contributed by atoms with E-state index in [1.807, 2.05) is 44.1 Å². The van der Waals surface area contributed by atoms with Gasteiger partial charge in [-0.3, -0.25) is 0 Å². The Labute approximate surface area is 129 Å². The van der Waals surface area contributed by atoms with Gasteiger partial charge in [-0.1, -0.05) is 17.7 Å². The van der Waals surface area contributed by atoms with E-state index in [1.54, 1.807) is 18.2 Å². The van der Waals surface area contributed by atoms with Gasteiger partial charge < -0.3 is 20.4 Å². The van der Waals surface area contributed by atoms with E-state index in [1.165, 1.54) is 0 Å². The zero-order valence-corrected chi connectivity index (χ0v) is 13.0. The molecule has 0 amide bonds. The molecule has 0 aliphatic rings. The summed E-state index contributed by atoms with van der Waals surface area (Å²) in [7, 11) is 3.86. The van der Waals surface area contributed by atoms with Crippen molar-refractivity contribution in [3.05, 3.63) is 47.0 Å². The molecule has 21 heavy (non-hydrogen) atoms. The van der Waals surface area contributed by atoms with Crippen LogP contribution in [0.3, 0.4) is 0 Å². The number of phenolic OH excluding ortho intramolecular Hbond substituents is 2. The average Bonchev–Trinajstić information content (AvgIpc) is 2.37. The third-order valence-electron chi connectivity index (χ3n) is 3.31. The lowest BCUT2D eigenvalue weighted by Gasteiger charge is -2.20. The smallest absolute Gasteiger partial charge is 0.124 e. The summed E-state index contributed by atoms with van der Waals surface area (Å²) < 4.78 is 0. The van der Waals surface area contributed by atoms with Crippen LogP contribution in [-0.4, -0.2) is 24.3 Å². The Bertz CT molecular complexity index is 624. The molecule has 0 saturated heterocycles. The van der Waals surface area contributed by atoms with Crippen molar-refractivity contribution in [3.63, 3.8) is 0 Å². The van der Waals surface area contributed by atoms with Crippen molar-refractivity contribution in [1.82, 2.24) is 0 Å². The molecule has 0 fully saturated rings. The molecule has 3 N–H and O–H groups in total. The highest BCUT2D eigenvalue weighted by Gasteiger charge is 2.15. The van der Waals surface area contributed by atoms with E-state index in [-0.39, 0.29) is 17.5 Å². The van der Waals surface area contributed by atoms with Gasteiger partial charge in [0.2, 0.25) is 0 Å². The van der Waals surface area contributed by atoms with Crippen LogP contribution in [0.5, 0.6) is 11.5 Å². The van der Waals surface area contributed by atoms with Crippen LogP contribution in [0, 0.1) is 0 Å². The van der Waals surface area contributed by atoms with Gasteiger partial charge in [0.05, 0.1) is 22.3 Å². The molecule has 0 aliphatic heterocycles. The van der Waals surface area contributed by atoms with Gasteiger partial charge >= 0.3 is 0 Å². The van der Waals surface area contributed by atoms with Crippen LogP contribution >= 0.6 is 11.6 Å². The van der Waals surface area contributed by atoms with Gasteiger partial charge in [0, 0.05) is 19.8 Å². The zero-order chi connectivity index (χ0) is 15.6. The first kappa shape index (κ1) is 15.3. The van der Waals surface area contributed by atoms with Crippen molar-refractivity contribution in [2.75, 3.05) is 24.3 Å². The van der Waals surface area contributed by atoms with Crippen molar-refractivity contribution in [2.45, 2.75) is 13.0 Å². The molecule has 1 atom stereocenters. The second-order valence-corrected chi connectivity index (χ2v) is 5.54. The molecule has 0 radical (unpaired) electrons. The molecule has 1 unspecified atom stereocenters. The topological polar surface area (TPSA) is 55.7 Å². The number of hydrogen-bond donors (Lipinski definition) is 3. The second kappa shape index (κ2) is 6.14. The average molecular weight is 307 g/mol. The first-order chi connectivity index (χ1) is 9.90. The Morgan fingerprint density at radius 2 is 1.71 bits per heavy atom. The number of anilines is 2. The standard InChI is InChI=1S/C16H19ClN2O2/c1-10(16-14(20)5-4-6-15(16)21)18-11-7-8-13(19(2)3)12(17)9-11/h4-10,18,20-21H,1-3H3. The lowest BCUT2D eigenvalue weighted by atomic mass is 10.1. The van der Waals surface area contributed by atoms with Crippen LogP contribution in [-0.2, 0) is 0 Å². The summed E-state index contributed by atoms with van der Waals surface area (Å²) in [6.45, 7) is 1.86. The molecule has 0 aliphatic carbocycles. The Morgan fingerprint density at radius 3 is 2.24 bits per heavy atom. The fourth-order valence-corrected chi connectivity index (χ4v) is 2.62. The largest absolute Gasteiger partial charge is 0.507 e. The lowest BCUT2D eigenvalue weighted by molar-refractivity contribution is 0.434. The third-order valence-corrected chi connectivity index (χ3v) is 3.61.